The number of amides is 1. The normalized spacial score (nSPS) is 9.71. The van der Waals surface area contributed by atoms with Crippen molar-refractivity contribution in [1.82, 2.24) is 15.4 Å². The molecule has 24 heavy (non-hydrogen) atoms. The molecule has 2 aromatic heterocycles. The summed E-state index contributed by atoms with van der Waals surface area (Å²) >= 11 is 0. The fourth-order valence-electron chi connectivity index (χ4n) is 2.12. The number of hydrogen-bond donors (Lipinski definition) is 2. The van der Waals surface area contributed by atoms with Crippen LogP contribution in [0, 0.1) is 11.8 Å². The van der Waals surface area contributed by atoms with E-state index in [2.05, 4.69) is 21.8 Å². The molecule has 0 aliphatic heterocycles. The number of pyridine rings is 2. The fourth-order valence-corrected chi connectivity index (χ4v) is 2.12. The first-order valence-corrected chi connectivity index (χ1v) is 7.19. The maximum atomic E-state index is 11.4. The number of rotatable bonds is 2. The van der Waals surface area contributed by atoms with Crippen LogP contribution in [0.15, 0.2) is 67.1 Å². The first kappa shape index (κ1) is 15.4. The smallest absolute Gasteiger partial charge is 0.288 e. The Morgan fingerprint density at radius 1 is 0.958 bits per heavy atom. The second kappa shape index (κ2) is 7.18. The van der Waals surface area contributed by atoms with Gasteiger partial charge in [0.25, 0.3) is 5.91 Å². The van der Waals surface area contributed by atoms with Crippen LogP contribution < -0.4 is 5.48 Å². The predicted octanol–water partition coefficient (Wildman–Crippen LogP) is 2.66. The summed E-state index contributed by atoms with van der Waals surface area (Å²) in [5.74, 6) is 5.48. The molecule has 0 unspecified atom stereocenters. The highest BCUT2D eigenvalue weighted by molar-refractivity contribution is 5.92. The molecule has 0 fully saturated rings. The Kier molecular flexibility index (Phi) is 4.61. The van der Waals surface area contributed by atoms with Crippen LogP contribution in [0.5, 0.6) is 0 Å². The molecule has 0 atom stereocenters. The van der Waals surface area contributed by atoms with Crippen molar-refractivity contribution in [3.05, 3.63) is 83.9 Å². The van der Waals surface area contributed by atoms with Crippen LogP contribution in [0.3, 0.4) is 0 Å². The zero-order chi connectivity index (χ0) is 16.8. The summed E-state index contributed by atoms with van der Waals surface area (Å²) in [6.45, 7) is 0. The molecular formula is C19H13N3O2. The van der Waals surface area contributed by atoms with Crippen LogP contribution >= 0.6 is 0 Å². The average molecular weight is 315 g/mol. The van der Waals surface area contributed by atoms with E-state index in [1.165, 1.54) is 6.20 Å². The molecule has 0 saturated heterocycles. The largest absolute Gasteiger partial charge is 0.293 e. The van der Waals surface area contributed by atoms with Gasteiger partial charge in [-0.2, -0.15) is 0 Å². The van der Waals surface area contributed by atoms with E-state index in [-0.39, 0.29) is 5.69 Å². The molecule has 3 rings (SSSR count). The maximum absolute atomic E-state index is 11.4. The van der Waals surface area contributed by atoms with Crippen molar-refractivity contribution in [2.24, 2.45) is 0 Å². The Balaban J connectivity index is 1.83. The van der Waals surface area contributed by atoms with E-state index < -0.39 is 5.91 Å². The Morgan fingerprint density at radius 3 is 2.46 bits per heavy atom. The zero-order valence-corrected chi connectivity index (χ0v) is 12.6. The standard InChI is InChI=1S/C19H13N3O2/c23-19(22-24)18-12-17(9-11-21-18)16-7-5-14(6-8-16)3-4-15-2-1-10-20-13-15/h1-2,5-13,24H,(H,22,23). The lowest BCUT2D eigenvalue weighted by Crippen LogP contribution is -2.19. The predicted molar refractivity (Wildman–Crippen MR) is 89.1 cm³/mol. The second-order valence-corrected chi connectivity index (χ2v) is 4.94. The van der Waals surface area contributed by atoms with Crippen LogP contribution in [0.25, 0.3) is 11.1 Å². The molecule has 0 aliphatic carbocycles. The minimum absolute atomic E-state index is 0.149. The van der Waals surface area contributed by atoms with Crippen molar-refractivity contribution in [2.75, 3.05) is 0 Å². The maximum Gasteiger partial charge on any atom is 0.293 e. The third kappa shape index (κ3) is 3.64. The number of nitrogens with zero attached hydrogens (tertiary/aromatic N) is 2. The highest BCUT2D eigenvalue weighted by atomic mass is 16.5. The molecule has 0 spiro atoms. The van der Waals surface area contributed by atoms with Gasteiger partial charge in [0.05, 0.1) is 0 Å². The first-order valence-electron chi connectivity index (χ1n) is 7.19. The number of aromatic nitrogens is 2. The summed E-state index contributed by atoms with van der Waals surface area (Å²) < 4.78 is 0. The van der Waals surface area contributed by atoms with Crippen LogP contribution in [0.1, 0.15) is 21.6 Å². The lowest BCUT2D eigenvalue weighted by molar-refractivity contribution is 0.0701. The molecule has 1 aromatic carbocycles. The summed E-state index contributed by atoms with van der Waals surface area (Å²) in [5.41, 5.74) is 5.22. The summed E-state index contributed by atoms with van der Waals surface area (Å²) in [6, 6.07) is 14.8. The molecule has 0 bridgehead atoms. The molecule has 2 N–H and O–H groups in total. The highest BCUT2D eigenvalue weighted by Gasteiger charge is 2.07. The average Bonchev–Trinajstić information content (AvgIpc) is 2.67. The first-order chi connectivity index (χ1) is 11.8. The van der Waals surface area contributed by atoms with E-state index in [1.807, 2.05) is 36.4 Å². The van der Waals surface area contributed by atoms with Gasteiger partial charge in [0.1, 0.15) is 5.69 Å². The minimum atomic E-state index is -0.643. The van der Waals surface area contributed by atoms with E-state index in [9.17, 15) is 4.79 Å². The number of carbonyl (C=O) groups is 1. The minimum Gasteiger partial charge on any atom is -0.288 e. The highest BCUT2D eigenvalue weighted by Crippen LogP contribution is 2.20. The lowest BCUT2D eigenvalue weighted by Gasteiger charge is -2.04. The number of nitrogens with one attached hydrogen (secondary N) is 1. The van der Waals surface area contributed by atoms with E-state index in [0.29, 0.717) is 0 Å². The van der Waals surface area contributed by atoms with Crippen molar-refractivity contribution in [2.45, 2.75) is 0 Å². The summed E-state index contributed by atoms with van der Waals surface area (Å²) in [6.07, 6.45) is 4.95. The summed E-state index contributed by atoms with van der Waals surface area (Å²) in [7, 11) is 0. The van der Waals surface area contributed by atoms with Gasteiger partial charge < -0.3 is 0 Å². The van der Waals surface area contributed by atoms with Gasteiger partial charge in [0.2, 0.25) is 0 Å². The van der Waals surface area contributed by atoms with Gasteiger partial charge in [-0.3, -0.25) is 20.0 Å². The van der Waals surface area contributed by atoms with Gasteiger partial charge in [-0.15, -0.1) is 0 Å². The van der Waals surface area contributed by atoms with Crippen molar-refractivity contribution >= 4 is 5.91 Å². The van der Waals surface area contributed by atoms with Gasteiger partial charge in [0, 0.05) is 29.7 Å². The van der Waals surface area contributed by atoms with Gasteiger partial charge in [-0.1, -0.05) is 24.0 Å². The molecule has 5 heteroatoms. The molecule has 5 nitrogen and oxygen atoms in total. The third-order valence-electron chi connectivity index (χ3n) is 3.33. The molecule has 116 valence electrons. The van der Waals surface area contributed by atoms with Crippen molar-refractivity contribution in [1.29, 1.82) is 0 Å². The molecule has 0 radical (unpaired) electrons. The number of benzene rings is 1. The molecule has 3 aromatic rings. The molecular weight excluding hydrogens is 302 g/mol. The van der Waals surface area contributed by atoms with Gasteiger partial charge in [0.15, 0.2) is 0 Å². The van der Waals surface area contributed by atoms with Crippen molar-refractivity contribution in [3.63, 3.8) is 0 Å². The van der Waals surface area contributed by atoms with Crippen LogP contribution in [-0.4, -0.2) is 21.1 Å². The second-order valence-electron chi connectivity index (χ2n) is 4.94. The van der Waals surface area contributed by atoms with Crippen molar-refractivity contribution in [3.8, 4) is 23.0 Å². The Labute approximate surface area is 139 Å². The quantitative estimate of drug-likeness (QED) is 0.433. The number of hydroxylamine groups is 1. The van der Waals surface area contributed by atoms with Gasteiger partial charge >= 0.3 is 0 Å². The van der Waals surface area contributed by atoms with Gasteiger partial charge in [-0.25, -0.2) is 5.48 Å². The Hall–Kier alpha value is -3.49. The number of hydrogen-bond acceptors (Lipinski definition) is 4. The van der Waals surface area contributed by atoms with Gasteiger partial charge in [-0.05, 0) is 47.5 Å². The van der Waals surface area contributed by atoms with E-state index in [1.54, 1.807) is 30.0 Å². The fraction of sp³-hybridized carbons (Fsp3) is 0. The molecule has 0 aliphatic rings. The van der Waals surface area contributed by atoms with Crippen LogP contribution in [0.4, 0.5) is 0 Å². The zero-order valence-electron chi connectivity index (χ0n) is 12.6. The SMILES string of the molecule is O=C(NO)c1cc(-c2ccc(C#Cc3cccnc3)cc2)ccn1. The summed E-state index contributed by atoms with van der Waals surface area (Å²) in [4.78, 5) is 19.4. The summed E-state index contributed by atoms with van der Waals surface area (Å²) in [5, 5.41) is 8.68. The molecule has 2 heterocycles. The topological polar surface area (TPSA) is 75.1 Å². The van der Waals surface area contributed by atoms with E-state index in [4.69, 9.17) is 5.21 Å². The van der Waals surface area contributed by atoms with Crippen LogP contribution in [-0.2, 0) is 0 Å². The monoisotopic (exact) mass is 315 g/mol. The molecule has 0 saturated carbocycles. The van der Waals surface area contributed by atoms with Crippen molar-refractivity contribution < 1.29 is 10.0 Å². The lowest BCUT2D eigenvalue weighted by atomic mass is 10.0. The molecule has 1 amide bonds. The Bertz CT molecular complexity index is 911. The van der Waals surface area contributed by atoms with E-state index >= 15 is 0 Å². The Morgan fingerprint density at radius 2 is 1.75 bits per heavy atom. The third-order valence-corrected chi connectivity index (χ3v) is 3.33. The van der Waals surface area contributed by atoms with E-state index in [0.717, 1.165) is 22.3 Å². The van der Waals surface area contributed by atoms with Crippen LogP contribution in [0.2, 0.25) is 0 Å². The number of carbonyl (C=O) groups excluding carboxylic acids is 1.